The Labute approximate surface area is 141 Å². The number of nitrogens with zero attached hydrogens (tertiary/aromatic N) is 1. The second-order valence-electron chi connectivity index (χ2n) is 5.94. The van der Waals surface area contributed by atoms with Gasteiger partial charge in [0, 0.05) is 29.3 Å². The maximum Gasteiger partial charge on any atom is 0.223 e. The van der Waals surface area contributed by atoms with E-state index in [0.29, 0.717) is 6.54 Å². The van der Waals surface area contributed by atoms with Crippen molar-refractivity contribution in [3.63, 3.8) is 0 Å². The fourth-order valence-corrected chi connectivity index (χ4v) is 3.90. The monoisotopic (exact) mass is 329 g/mol. The van der Waals surface area contributed by atoms with E-state index in [4.69, 9.17) is 4.98 Å². The van der Waals surface area contributed by atoms with E-state index in [1.807, 2.05) is 18.2 Å². The van der Waals surface area contributed by atoms with Crippen molar-refractivity contribution in [2.45, 2.75) is 26.2 Å². The van der Waals surface area contributed by atoms with Crippen LogP contribution in [0.15, 0.2) is 30.3 Å². The number of hydrogen-bond acceptors (Lipinski definition) is 4. The van der Waals surface area contributed by atoms with Gasteiger partial charge in [0.15, 0.2) is 0 Å². The molecule has 0 saturated carbocycles. The van der Waals surface area contributed by atoms with Gasteiger partial charge in [-0.25, -0.2) is 4.98 Å². The molecule has 0 aliphatic carbocycles. The van der Waals surface area contributed by atoms with Gasteiger partial charge in [-0.2, -0.15) is 0 Å². The van der Waals surface area contributed by atoms with E-state index in [9.17, 15) is 4.79 Å². The van der Waals surface area contributed by atoms with Crippen molar-refractivity contribution in [3.05, 3.63) is 40.2 Å². The third kappa shape index (κ3) is 4.18. The van der Waals surface area contributed by atoms with E-state index in [1.165, 1.54) is 4.88 Å². The number of rotatable bonds is 5. The molecule has 1 aromatic carbocycles. The molecule has 122 valence electrons. The minimum atomic E-state index is 0.175. The third-order valence-corrected chi connectivity index (χ3v) is 5.27. The van der Waals surface area contributed by atoms with E-state index in [2.05, 4.69) is 29.7 Å². The van der Waals surface area contributed by atoms with Crippen molar-refractivity contribution in [2.24, 2.45) is 5.92 Å². The average Bonchev–Trinajstić information content (AvgIpc) is 2.97. The Balaban J connectivity index is 1.54. The van der Waals surface area contributed by atoms with Crippen LogP contribution < -0.4 is 10.6 Å². The second kappa shape index (κ2) is 7.70. The summed E-state index contributed by atoms with van der Waals surface area (Å²) in [4.78, 5) is 18.1. The number of thiazole rings is 1. The van der Waals surface area contributed by atoms with Crippen LogP contribution in [-0.4, -0.2) is 30.5 Å². The fraction of sp³-hybridized carbons (Fsp3) is 0.444. The predicted octanol–water partition coefficient (Wildman–Crippen LogP) is 2.78. The Hall–Kier alpha value is -1.72. The first-order valence-corrected chi connectivity index (χ1v) is 9.06. The molecule has 5 heteroatoms. The fourth-order valence-electron chi connectivity index (χ4n) is 2.94. The Morgan fingerprint density at radius 2 is 2.04 bits per heavy atom. The number of amides is 1. The topological polar surface area (TPSA) is 54.0 Å². The third-order valence-electron chi connectivity index (χ3n) is 4.24. The lowest BCUT2D eigenvalue weighted by molar-refractivity contribution is -0.125. The average molecular weight is 329 g/mol. The molecule has 4 nitrogen and oxygen atoms in total. The zero-order valence-electron chi connectivity index (χ0n) is 13.5. The molecule has 1 amide bonds. The van der Waals surface area contributed by atoms with Gasteiger partial charge in [-0.15, -0.1) is 11.3 Å². The van der Waals surface area contributed by atoms with Crippen LogP contribution in [0.4, 0.5) is 0 Å². The number of carbonyl (C=O) groups is 1. The van der Waals surface area contributed by atoms with Gasteiger partial charge in [0.05, 0.1) is 10.7 Å². The molecular weight excluding hydrogens is 306 g/mol. The lowest BCUT2D eigenvalue weighted by atomic mass is 9.97. The van der Waals surface area contributed by atoms with Crippen LogP contribution in [0.5, 0.6) is 0 Å². The van der Waals surface area contributed by atoms with Gasteiger partial charge >= 0.3 is 0 Å². The van der Waals surface area contributed by atoms with Crippen LogP contribution >= 0.6 is 11.3 Å². The molecule has 1 fully saturated rings. The van der Waals surface area contributed by atoms with Gasteiger partial charge in [0.1, 0.15) is 0 Å². The lowest BCUT2D eigenvalue weighted by Gasteiger charge is -2.21. The zero-order chi connectivity index (χ0) is 16.1. The number of hydrogen-bond donors (Lipinski definition) is 2. The van der Waals surface area contributed by atoms with E-state index >= 15 is 0 Å². The Bertz CT molecular complexity index is 648. The van der Waals surface area contributed by atoms with Crippen LogP contribution in [0, 0.1) is 12.8 Å². The Morgan fingerprint density at radius 3 is 2.78 bits per heavy atom. The van der Waals surface area contributed by atoms with Crippen molar-refractivity contribution in [1.82, 2.24) is 15.6 Å². The first-order valence-electron chi connectivity index (χ1n) is 8.24. The van der Waals surface area contributed by atoms with Crippen LogP contribution in [0.25, 0.3) is 11.3 Å². The number of aromatic nitrogens is 1. The summed E-state index contributed by atoms with van der Waals surface area (Å²) in [6.07, 6.45) is 2.69. The molecule has 0 radical (unpaired) electrons. The summed E-state index contributed by atoms with van der Waals surface area (Å²) in [5, 5.41) is 7.45. The van der Waals surface area contributed by atoms with E-state index in [1.54, 1.807) is 11.3 Å². The summed E-state index contributed by atoms with van der Waals surface area (Å²) in [6.45, 7) is 4.68. The minimum Gasteiger partial charge on any atom is -0.355 e. The number of carbonyl (C=O) groups excluding carboxylic acids is 1. The summed E-state index contributed by atoms with van der Waals surface area (Å²) in [6, 6.07) is 10.3. The normalized spacial score (nSPS) is 15.5. The highest BCUT2D eigenvalue weighted by atomic mass is 32.1. The largest absolute Gasteiger partial charge is 0.355 e. The molecule has 1 saturated heterocycles. The molecule has 1 aromatic heterocycles. The van der Waals surface area contributed by atoms with E-state index in [0.717, 1.165) is 48.6 Å². The summed E-state index contributed by atoms with van der Waals surface area (Å²) in [7, 11) is 0. The standard InChI is InChI=1S/C18H23N3OS/c1-13-17(14-5-3-2-4-6-14)21-16(23-13)9-12-20-18(22)15-7-10-19-11-8-15/h2-6,15,19H,7-12H2,1H3,(H,20,22). The molecule has 23 heavy (non-hydrogen) atoms. The minimum absolute atomic E-state index is 0.175. The molecule has 2 heterocycles. The zero-order valence-corrected chi connectivity index (χ0v) is 14.3. The Morgan fingerprint density at radius 1 is 1.30 bits per heavy atom. The predicted molar refractivity (Wildman–Crippen MR) is 94.6 cm³/mol. The molecule has 1 aliphatic rings. The highest BCUT2D eigenvalue weighted by Crippen LogP contribution is 2.27. The molecule has 0 bridgehead atoms. The molecule has 2 aromatic rings. The molecule has 2 N–H and O–H groups in total. The molecule has 0 spiro atoms. The maximum atomic E-state index is 12.1. The van der Waals surface area contributed by atoms with Gasteiger partial charge in [-0.1, -0.05) is 30.3 Å². The SMILES string of the molecule is Cc1sc(CCNC(=O)C2CCNCC2)nc1-c1ccccc1. The Kier molecular flexibility index (Phi) is 5.41. The second-order valence-corrected chi connectivity index (χ2v) is 7.23. The first-order chi connectivity index (χ1) is 11.2. The number of aryl methyl sites for hydroxylation is 1. The summed E-state index contributed by atoms with van der Waals surface area (Å²) in [5.41, 5.74) is 2.22. The van der Waals surface area contributed by atoms with E-state index in [-0.39, 0.29) is 11.8 Å². The van der Waals surface area contributed by atoms with Gasteiger partial charge in [0.2, 0.25) is 5.91 Å². The van der Waals surface area contributed by atoms with Crippen molar-refractivity contribution in [2.75, 3.05) is 19.6 Å². The molecule has 1 aliphatic heterocycles. The van der Waals surface area contributed by atoms with Gasteiger partial charge in [-0.3, -0.25) is 4.79 Å². The molecular formula is C18H23N3OS. The van der Waals surface area contributed by atoms with Crippen LogP contribution in [0.3, 0.4) is 0 Å². The highest BCUT2D eigenvalue weighted by Gasteiger charge is 2.20. The first kappa shape index (κ1) is 16.1. The van der Waals surface area contributed by atoms with Crippen molar-refractivity contribution >= 4 is 17.2 Å². The lowest BCUT2D eigenvalue weighted by Crippen LogP contribution is -2.38. The molecule has 0 atom stereocenters. The van der Waals surface area contributed by atoms with Crippen molar-refractivity contribution < 1.29 is 4.79 Å². The van der Waals surface area contributed by atoms with Gasteiger partial charge in [-0.05, 0) is 32.9 Å². The van der Waals surface area contributed by atoms with Crippen molar-refractivity contribution in [1.29, 1.82) is 0 Å². The molecule has 0 unspecified atom stereocenters. The highest BCUT2D eigenvalue weighted by molar-refractivity contribution is 7.12. The number of nitrogens with one attached hydrogen (secondary N) is 2. The summed E-state index contributed by atoms with van der Waals surface area (Å²) < 4.78 is 0. The summed E-state index contributed by atoms with van der Waals surface area (Å²) in [5.74, 6) is 0.372. The van der Waals surface area contributed by atoms with Gasteiger partial charge < -0.3 is 10.6 Å². The smallest absolute Gasteiger partial charge is 0.223 e. The van der Waals surface area contributed by atoms with Crippen molar-refractivity contribution in [3.8, 4) is 11.3 Å². The summed E-state index contributed by atoms with van der Waals surface area (Å²) >= 11 is 1.72. The van der Waals surface area contributed by atoms with Crippen LogP contribution in [0.1, 0.15) is 22.7 Å². The molecule has 3 rings (SSSR count). The van der Waals surface area contributed by atoms with Crippen LogP contribution in [0.2, 0.25) is 0 Å². The quantitative estimate of drug-likeness (QED) is 0.887. The number of piperidine rings is 1. The van der Waals surface area contributed by atoms with Crippen LogP contribution in [-0.2, 0) is 11.2 Å². The maximum absolute atomic E-state index is 12.1. The number of benzene rings is 1. The van der Waals surface area contributed by atoms with E-state index < -0.39 is 0 Å². The van der Waals surface area contributed by atoms with Gasteiger partial charge in [0.25, 0.3) is 0 Å².